The Bertz CT molecular complexity index is 203. The first kappa shape index (κ1) is 16.5. The standard InChI is InChI=1S/C10H23NO5Si/c1-14-17(15-2,16-3)9-4-6-10(13)11-7-5-8-12/h12H,4-9H2,1-3H3,(H,11,13). The summed E-state index contributed by atoms with van der Waals surface area (Å²) in [7, 11) is 2.13. The lowest BCUT2D eigenvalue weighted by Crippen LogP contribution is -2.42. The van der Waals surface area contributed by atoms with Gasteiger partial charge in [0.2, 0.25) is 5.91 Å². The molecule has 0 rings (SSSR count). The van der Waals surface area contributed by atoms with Gasteiger partial charge in [0.25, 0.3) is 0 Å². The summed E-state index contributed by atoms with van der Waals surface area (Å²) < 4.78 is 15.7. The number of carbonyl (C=O) groups is 1. The molecule has 0 aromatic carbocycles. The number of amides is 1. The summed E-state index contributed by atoms with van der Waals surface area (Å²) in [5.74, 6) is -0.0235. The fourth-order valence-corrected chi connectivity index (χ4v) is 3.14. The summed E-state index contributed by atoms with van der Waals surface area (Å²) in [6.45, 7) is 0.601. The largest absolute Gasteiger partial charge is 0.500 e. The molecule has 0 radical (unpaired) electrons. The van der Waals surface area contributed by atoms with Gasteiger partial charge in [0.15, 0.2) is 0 Å². The van der Waals surface area contributed by atoms with Crippen molar-refractivity contribution in [3.8, 4) is 0 Å². The SMILES string of the molecule is CO[Si](CCCC(=O)NCCCO)(OC)OC. The number of aliphatic hydroxyl groups is 1. The number of hydrogen-bond donors (Lipinski definition) is 2. The number of nitrogens with one attached hydrogen (secondary N) is 1. The van der Waals surface area contributed by atoms with Crippen LogP contribution in [0.4, 0.5) is 0 Å². The van der Waals surface area contributed by atoms with Crippen molar-refractivity contribution < 1.29 is 23.2 Å². The summed E-state index contributed by atoms with van der Waals surface area (Å²) in [4.78, 5) is 11.4. The molecular weight excluding hydrogens is 242 g/mol. The number of carbonyl (C=O) groups excluding carboxylic acids is 1. The monoisotopic (exact) mass is 265 g/mol. The summed E-state index contributed by atoms with van der Waals surface area (Å²) in [6.07, 6.45) is 1.65. The normalized spacial score (nSPS) is 11.5. The molecule has 0 aromatic heterocycles. The summed E-state index contributed by atoms with van der Waals surface area (Å²) >= 11 is 0. The molecule has 1 amide bonds. The van der Waals surface area contributed by atoms with Crippen molar-refractivity contribution in [3.05, 3.63) is 0 Å². The Kier molecular flexibility index (Phi) is 9.28. The van der Waals surface area contributed by atoms with E-state index in [0.717, 1.165) is 0 Å². The van der Waals surface area contributed by atoms with E-state index >= 15 is 0 Å². The molecule has 2 N–H and O–H groups in total. The lowest BCUT2D eigenvalue weighted by atomic mass is 10.3. The molecule has 7 heteroatoms. The van der Waals surface area contributed by atoms with E-state index in [1.54, 1.807) is 21.3 Å². The van der Waals surface area contributed by atoms with Crippen LogP contribution in [0.15, 0.2) is 0 Å². The van der Waals surface area contributed by atoms with E-state index in [0.29, 0.717) is 31.9 Å². The zero-order valence-corrected chi connectivity index (χ0v) is 11.8. The Labute approximate surface area is 104 Å². The topological polar surface area (TPSA) is 77.0 Å². The third-order valence-corrected chi connectivity index (χ3v) is 5.31. The second kappa shape index (κ2) is 9.55. The molecule has 0 aromatic rings. The predicted molar refractivity (Wildman–Crippen MR) is 65.5 cm³/mol. The van der Waals surface area contributed by atoms with Crippen molar-refractivity contribution in [2.24, 2.45) is 0 Å². The van der Waals surface area contributed by atoms with E-state index < -0.39 is 8.80 Å². The highest BCUT2D eigenvalue weighted by molar-refractivity contribution is 6.60. The zero-order valence-electron chi connectivity index (χ0n) is 10.8. The van der Waals surface area contributed by atoms with E-state index in [4.69, 9.17) is 18.4 Å². The van der Waals surface area contributed by atoms with Crippen molar-refractivity contribution in [1.29, 1.82) is 0 Å². The molecule has 0 bridgehead atoms. The molecular formula is C10H23NO5Si. The minimum atomic E-state index is -2.54. The Morgan fingerprint density at radius 1 is 1.18 bits per heavy atom. The highest BCUT2D eigenvalue weighted by atomic mass is 28.4. The van der Waals surface area contributed by atoms with Gasteiger partial charge < -0.3 is 23.7 Å². The van der Waals surface area contributed by atoms with Crippen LogP contribution in [0, 0.1) is 0 Å². The van der Waals surface area contributed by atoms with E-state index in [9.17, 15) is 4.79 Å². The van der Waals surface area contributed by atoms with Crippen LogP contribution in [0.3, 0.4) is 0 Å². The first-order valence-corrected chi connectivity index (χ1v) is 7.60. The quantitative estimate of drug-likeness (QED) is 0.434. The average Bonchev–Trinajstić information content (AvgIpc) is 2.36. The summed E-state index contributed by atoms with van der Waals surface area (Å²) in [5.41, 5.74) is 0. The van der Waals surface area contributed by atoms with Crippen molar-refractivity contribution in [1.82, 2.24) is 5.32 Å². The van der Waals surface area contributed by atoms with Crippen LogP contribution in [0.5, 0.6) is 0 Å². The molecule has 0 saturated carbocycles. The molecule has 0 aliphatic rings. The third kappa shape index (κ3) is 6.74. The van der Waals surface area contributed by atoms with Gasteiger partial charge in [-0.1, -0.05) is 0 Å². The molecule has 0 fully saturated rings. The third-order valence-electron chi connectivity index (χ3n) is 2.48. The van der Waals surface area contributed by atoms with Crippen LogP contribution >= 0.6 is 0 Å². The van der Waals surface area contributed by atoms with Crippen LogP contribution < -0.4 is 5.32 Å². The number of rotatable bonds is 10. The van der Waals surface area contributed by atoms with E-state index in [1.807, 2.05) is 0 Å². The number of hydrogen-bond acceptors (Lipinski definition) is 5. The van der Waals surface area contributed by atoms with Gasteiger partial charge in [0.05, 0.1) is 0 Å². The van der Waals surface area contributed by atoms with Crippen molar-refractivity contribution >= 4 is 14.7 Å². The van der Waals surface area contributed by atoms with Gasteiger partial charge in [-0.3, -0.25) is 4.79 Å². The fraction of sp³-hybridized carbons (Fsp3) is 0.900. The maximum Gasteiger partial charge on any atom is 0.500 e. The van der Waals surface area contributed by atoms with Gasteiger partial charge in [-0.2, -0.15) is 0 Å². The molecule has 0 saturated heterocycles. The molecule has 0 aliphatic heterocycles. The number of aliphatic hydroxyl groups excluding tert-OH is 1. The van der Waals surface area contributed by atoms with Gasteiger partial charge in [0.1, 0.15) is 0 Å². The highest BCUT2D eigenvalue weighted by Gasteiger charge is 2.36. The second-order valence-electron chi connectivity index (χ2n) is 3.58. The van der Waals surface area contributed by atoms with Crippen LogP contribution in [0.2, 0.25) is 6.04 Å². The molecule has 6 nitrogen and oxygen atoms in total. The Morgan fingerprint density at radius 3 is 2.24 bits per heavy atom. The predicted octanol–water partition coefficient (Wildman–Crippen LogP) is 0.143. The minimum Gasteiger partial charge on any atom is -0.396 e. The Balaban J connectivity index is 3.77. The molecule has 0 unspecified atom stereocenters. The molecule has 0 spiro atoms. The van der Waals surface area contributed by atoms with Gasteiger partial charge in [-0.15, -0.1) is 0 Å². The smallest absolute Gasteiger partial charge is 0.396 e. The molecule has 0 aliphatic carbocycles. The van der Waals surface area contributed by atoms with Crippen LogP contribution in [-0.2, 0) is 18.1 Å². The van der Waals surface area contributed by atoms with Gasteiger partial charge in [-0.25, -0.2) is 0 Å². The molecule has 102 valence electrons. The van der Waals surface area contributed by atoms with Crippen molar-refractivity contribution in [2.45, 2.75) is 25.3 Å². The molecule has 17 heavy (non-hydrogen) atoms. The fourth-order valence-electron chi connectivity index (χ4n) is 1.42. The van der Waals surface area contributed by atoms with Crippen LogP contribution in [-0.4, -0.2) is 54.3 Å². The summed E-state index contributed by atoms with van der Waals surface area (Å²) in [5, 5.41) is 11.3. The lowest BCUT2D eigenvalue weighted by Gasteiger charge is -2.24. The van der Waals surface area contributed by atoms with Gasteiger partial charge >= 0.3 is 8.80 Å². The zero-order chi connectivity index (χ0) is 13.1. The maximum atomic E-state index is 11.4. The van der Waals surface area contributed by atoms with Gasteiger partial charge in [-0.05, 0) is 12.8 Å². The molecule has 0 heterocycles. The first-order chi connectivity index (χ1) is 8.14. The Hall–Kier alpha value is -0.473. The Morgan fingerprint density at radius 2 is 1.76 bits per heavy atom. The molecule has 0 atom stereocenters. The minimum absolute atomic E-state index is 0.0235. The van der Waals surface area contributed by atoms with E-state index in [1.165, 1.54) is 0 Å². The lowest BCUT2D eigenvalue weighted by molar-refractivity contribution is -0.121. The van der Waals surface area contributed by atoms with Crippen LogP contribution in [0.25, 0.3) is 0 Å². The highest BCUT2D eigenvalue weighted by Crippen LogP contribution is 2.16. The first-order valence-electron chi connectivity index (χ1n) is 5.67. The maximum absolute atomic E-state index is 11.4. The van der Waals surface area contributed by atoms with Crippen molar-refractivity contribution in [3.63, 3.8) is 0 Å². The van der Waals surface area contributed by atoms with E-state index in [2.05, 4.69) is 5.32 Å². The summed E-state index contributed by atoms with van der Waals surface area (Å²) in [6, 6.07) is 0.615. The van der Waals surface area contributed by atoms with E-state index in [-0.39, 0.29) is 12.5 Å². The van der Waals surface area contributed by atoms with Gasteiger partial charge in [0, 0.05) is 46.9 Å². The van der Waals surface area contributed by atoms with Crippen molar-refractivity contribution in [2.75, 3.05) is 34.5 Å². The average molecular weight is 265 g/mol. The van der Waals surface area contributed by atoms with Crippen LogP contribution in [0.1, 0.15) is 19.3 Å². The second-order valence-corrected chi connectivity index (χ2v) is 6.67.